The molecule has 1 heterocycles. The van der Waals surface area contributed by atoms with Gasteiger partial charge in [0.15, 0.2) is 0 Å². The maximum atomic E-state index is 10.3. The maximum absolute atomic E-state index is 10.3. The van der Waals surface area contributed by atoms with Gasteiger partial charge in [0.1, 0.15) is 6.10 Å². The quantitative estimate of drug-likeness (QED) is 0.416. The second-order valence-electron chi connectivity index (χ2n) is 1.78. The topological polar surface area (TPSA) is 35.5 Å². The minimum absolute atomic E-state index is 0.145. The summed E-state index contributed by atoms with van der Waals surface area (Å²) in [5.41, 5.74) is 0. The van der Waals surface area contributed by atoms with Gasteiger partial charge in [-0.1, -0.05) is 0 Å². The Labute approximate surface area is 57.9 Å². The van der Waals surface area contributed by atoms with Crippen molar-refractivity contribution in [1.82, 2.24) is 0 Å². The summed E-state index contributed by atoms with van der Waals surface area (Å²) in [5, 5.41) is 0. The lowest BCUT2D eigenvalue weighted by molar-refractivity contribution is -0.0142. The Bertz CT molecular complexity index is 115. The average molecular weight is 151 g/mol. The van der Waals surface area contributed by atoms with E-state index in [9.17, 15) is 4.79 Å². The molecule has 1 rings (SSSR count). The number of ether oxygens (including phenoxy) is 2. The summed E-state index contributed by atoms with van der Waals surface area (Å²) in [6.07, 6.45) is -0.0466. The van der Waals surface area contributed by atoms with Gasteiger partial charge in [-0.15, -0.1) is 11.6 Å². The lowest BCUT2D eigenvalue weighted by atomic mass is 10.3. The first-order valence-corrected chi connectivity index (χ1v) is 3.26. The normalized spacial score (nSPS) is 26.8. The van der Waals surface area contributed by atoms with Crippen LogP contribution in [0, 0.1) is 0 Å². The fourth-order valence-electron chi connectivity index (χ4n) is 0.611. The maximum Gasteiger partial charge on any atom is 0.508 e. The summed E-state index contributed by atoms with van der Waals surface area (Å²) in [5.74, 6) is 0.356. The minimum atomic E-state index is -0.605. The highest BCUT2D eigenvalue weighted by Crippen LogP contribution is 2.08. The van der Waals surface area contributed by atoms with Crippen molar-refractivity contribution in [3.8, 4) is 0 Å². The standard InChI is InChI=1S/C5H7ClO3/c6-3-4-1-2-8-5(7)9-4/h4H,1-3H2. The predicted octanol–water partition coefficient (Wildman–Crippen LogP) is 1.15. The van der Waals surface area contributed by atoms with Crippen LogP contribution in [-0.2, 0) is 9.47 Å². The third kappa shape index (κ3) is 1.75. The number of carbonyl (C=O) groups excluding carboxylic acids is 1. The number of hydrogen-bond donors (Lipinski definition) is 0. The number of alkyl halides is 1. The molecule has 1 aliphatic rings. The highest BCUT2D eigenvalue weighted by atomic mass is 35.5. The van der Waals surface area contributed by atoms with Crippen molar-refractivity contribution in [3.05, 3.63) is 0 Å². The van der Waals surface area contributed by atoms with Crippen LogP contribution in [0.3, 0.4) is 0 Å². The first-order valence-electron chi connectivity index (χ1n) is 2.72. The second kappa shape index (κ2) is 2.92. The van der Waals surface area contributed by atoms with E-state index in [0.717, 1.165) is 0 Å². The SMILES string of the molecule is O=C1OCCC(CCl)O1. The Morgan fingerprint density at radius 3 is 3.00 bits per heavy atom. The lowest BCUT2D eigenvalue weighted by Gasteiger charge is -2.19. The van der Waals surface area contributed by atoms with Crippen molar-refractivity contribution in [2.45, 2.75) is 12.5 Å². The van der Waals surface area contributed by atoms with Gasteiger partial charge in [-0.2, -0.15) is 0 Å². The van der Waals surface area contributed by atoms with Crippen LogP contribution in [0.15, 0.2) is 0 Å². The Hall–Kier alpha value is -0.440. The van der Waals surface area contributed by atoms with Crippen molar-refractivity contribution >= 4 is 17.8 Å². The molecular formula is C5H7ClO3. The van der Waals surface area contributed by atoms with Crippen LogP contribution in [0.5, 0.6) is 0 Å². The zero-order valence-electron chi connectivity index (χ0n) is 4.80. The molecule has 0 radical (unpaired) electrons. The third-order valence-corrected chi connectivity index (χ3v) is 1.44. The van der Waals surface area contributed by atoms with Crippen molar-refractivity contribution in [3.63, 3.8) is 0 Å². The van der Waals surface area contributed by atoms with Gasteiger partial charge >= 0.3 is 6.16 Å². The molecule has 4 heteroatoms. The Kier molecular flexibility index (Phi) is 2.16. The van der Waals surface area contributed by atoms with Gasteiger partial charge in [0, 0.05) is 6.42 Å². The van der Waals surface area contributed by atoms with Gasteiger partial charge in [-0.05, 0) is 0 Å². The predicted molar refractivity (Wildman–Crippen MR) is 31.6 cm³/mol. The molecular weight excluding hydrogens is 144 g/mol. The molecule has 0 aliphatic carbocycles. The molecule has 0 N–H and O–H groups in total. The highest BCUT2D eigenvalue weighted by molar-refractivity contribution is 6.18. The largest absolute Gasteiger partial charge is 0.508 e. The van der Waals surface area contributed by atoms with Crippen LogP contribution in [0.1, 0.15) is 6.42 Å². The molecule has 0 aromatic heterocycles. The van der Waals surface area contributed by atoms with Gasteiger partial charge < -0.3 is 9.47 Å². The Morgan fingerprint density at radius 2 is 2.56 bits per heavy atom. The van der Waals surface area contributed by atoms with Crippen LogP contribution < -0.4 is 0 Å². The van der Waals surface area contributed by atoms with Gasteiger partial charge in [0.05, 0.1) is 12.5 Å². The molecule has 0 bridgehead atoms. The van der Waals surface area contributed by atoms with Gasteiger partial charge in [0.25, 0.3) is 0 Å². The number of cyclic esters (lactones) is 2. The summed E-state index contributed by atoms with van der Waals surface area (Å²) in [7, 11) is 0. The van der Waals surface area contributed by atoms with Gasteiger partial charge in [-0.3, -0.25) is 0 Å². The smallest absolute Gasteiger partial charge is 0.434 e. The van der Waals surface area contributed by atoms with Crippen LogP contribution in [0.25, 0.3) is 0 Å². The number of carbonyl (C=O) groups is 1. The zero-order chi connectivity index (χ0) is 6.69. The minimum Gasteiger partial charge on any atom is -0.434 e. The molecule has 0 amide bonds. The molecule has 3 nitrogen and oxygen atoms in total. The van der Waals surface area contributed by atoms with Crippen LogP contribution in [-0.4, -0.2) is 24.7 Å². The van der Waals surface area contributed by atoms with Crippen LogP contribution in [0.2, 0.25) is 0 Å². The van der Waals surface area contributed by atoms with E-state index in [4.69, 9.17) is 11.6 Å². The van der Waals surface area contributed by atoms with Crippen molar-refractivity contribution in [2.24, 2.45) is 0 Å². The first-order chi connectivity index (χ1) is 4.33. The summed E-state index contributed by atoms with van der Waals surface area (Å²) < 4.78 is 9.13. The Balaban J connectivity index is 2.32. The monoisotopic (exact) mass is 150 g/mol. The molecule has 9 heavy (non-hydrogen) atoms. The van der Waals surface area contributed by atoms with Crippen molar-refractivity contribution in [1.29, 1.82) is 0 Å². The number of hydrogen-bond acceptors (Lipinski definition) is 3. The van der Waals surface area contributed by atoms with Crippen molar-refractivity contribution in [2.75, 3.05) is 12.5 Å². The molecule has 0 aromatic carbocycles. The number of halogens is 1. The third-order valence-electron chi connectivity index (χ3n) is 1.09. The zero-order valence-corrected chi connectivity index (χ0v) is 5.56. The summed E-state index contributed by atoms with van der Waals surface area (Å²) in [4.78, 5) is 10.3. The van der Waals surface area contributed by atoms with Crippen LogP contribution >= 0.6 is 11.6 Å². The van der Waals surface area contributed by atoms with E-state index in [2.05, 4.69) is 9.47 Å². The molecule has 0 aromatic rings. The molecule has 1 unspecified atom stereocenters. The first kappa shape index (κ1) is 6.68. The molecule has 0 spiro atoms. The summed E-state index contributed by atoms with van der Waals surface area (Å²) >= 11 is 5.41. The molecule has 52 valence electrons. The summed E-state index contributed by atoms with van der Waals surface area (Å²) in [6.45, 7) is 0.427. The fraction of sp³-hybridized carbons (Fsp3) is 0.800. The van der Waals surface area contributed by atoms with E-state index in [1.165, 1.54) is 0 Å². The van der Waals surface area contributed by atoms with Gasteiger partial charge in [-0.25, -0.2) is 4.79 Å². The van der Waals surface area contributed by atoms with E-state index < -0.39 is 6.16 Å². The van der Waals surface area contributed by atoms with E-state index in [1.54, 1.807) is 0 Å². The number of rotatable bonds is 1. The Morgan fingerprint density at radius 1 is 1.78 bits per heavy atom. The molecule has 0 saturated carbocycles. The van der Waals surface area contributed by atoms with Crippen molar-refractivity contribution < 1.29 is 14.3 Å². The fourth-order valence-corrected chi connectivity index (χ4v) is 0.829. The lowest BCUT2D eigenvalue weighted by Crippen LogP contribution is -2.28. The van der Waals surface area contributed by atoms with E-state index in [0.29, 0.717) is 18.9 Å². The van der Waals surface area contributed by atoms with E-state index in [-0.39, 0.29) is 6.10 Å². The average Bonchev–Trinajstić information content (AvgIpc) is 1.88. The molecule has 1 fully saturated rings. The molecule has 1 atom stereocenters. The second-order valence-corrected chi connectivity index (χ2v) is 2.09. The van der Waals surface area contributed by atoms with Crippen LogP contribution in [0.4, 0.5) is 4.79 Å². The highest BCUT2D eigenvalue weighted by Gasteiger charge is 2.19. The molecule has 1 saturated heterocycles. The van der Waals surface area contributed by atoms with E-state index >= 15 is 0 Å². The summed E-state index contributed by atoms with van der Waals surface area (Å²) in [6, 6.07) is 0. The van der Waals surface area contributed by atoms with Gasteiger partial charge in [0.2, 0.25) is 0 Å². The molecule has 1 aliphatic heterocycles. The van der Waals surface area contributed by atoms with E-state index in [1.807, 2.05) is 0 Å².